The molecule has 0 fully saturated rings. The Bertz CT molecular complexity index is 629. The molecule has 0 radical (unpaired) electrons. The van der Waals surface area contributed by atoms with Gasteiger partial charge in [0.1, 0.15) is 6.10 Å². The Kier molecular flexibility index (Phi) is 8.38. The van der Waals surface area contributed by atoms with E-state index in [1.807, 2.05) is 0 Å². The summed E-state index contributed by atoms with van der Waals surface area (Å²) in [6.45, 7) is 6.37. The molecular weight excluding hydrogens is 336 g/mol. The molecule has 0 bridgehead atoms. The van der Waals surface area contributed by atoms with Gasteiger partial charge in [-0.25, -0.2) is 0 Å². The van der Waals surface area contributed by atoms with Crippen LogP contribution in [0.25, 0.3) is 0 Å². The van der Waals surface area contributed by atoms with Crippen molar-refractivity contribution in [3.8, 4) is 11.5 Å². The van der Waals surface area contributed by atoms with Gasteiger partial charge in [0.05, 0.1) is 25.5 Å². The summed E-state index contributed by atoms with van der Waals surface area (Å²) in [5, 5.41) is 2.76. The molecule has 2 amide bonds. The summed E-state index contributed by atoms with van der Waals surface area (Å²) in [6, 6.07) is 3.13. The summed E-state index contributed by atoms with van der Waals surface area (Å²) in [4.78, 5) is 26.4. The van der Waals surface area contributed by atoms with Crippen LogP contribution in [0.4, 0.5) is 5.69 Å². The molecule has 1 aromatic rings. The van der Waals surface area contributed by atoms with E-state index in [4.69, 9.17) is 14.2 Å². The van der Waals surface area contributed by atoms with Crippen LogP contribution in [0, 0.1) is 5.92 Å². The van der Waals surface area contributed by atoms with Gasteiger partial charge in [0.25, 0.3) is 11.8 Å². The number of methoxy groups -OCH3 is 2. The first-order valence-corrected chi connectivity index (χ1v) is 8.61. The van der Waals surface area contributed by atoms with Crippen LogP contribution in [0.5, 0.6) is 11.5 Å². The van der Waals surface area contributed by atoms with E-state index in [-0.39, 0.29) is 11.8 Å². The SMILES string of the molecule is COc1cc(NC(=O)C(C)OCCC(C)C)c(C(=O)N(C)C)cc1OC. The quantitative estimate of drug-likeness (QED) is 0.727. The fourth-order valence-electron chi connectivity index (χ4n) is 2.19. The predicted molar refractivity (Wildman–Crippen MR) is 101 cm³/mol. The molecule has 0 saturated heterocycles. The number of nitrogens with one attached hydrogen (secondary N) is 1. The number of nitrogens with zero attached hydrogens (tertiary/aromatic N) is 1. The highest BCUT2D eigenvalue weighted by Crippen LogP contribution is 2.34. The molecule has 1 atom stereocenters. The first kappa shape index (κ1) is 21.8. The maximum absolute atomic E-state index is 12.5. The predicted octanol–water partition coefficient (Wildman–Crippen LogP) is 2.80. The summed E-state index contributed by atoms with van der Waals surface area (Å²) in [5.41, 5.74) is 0.668. The third-order valence-electron chi connectivity index (χ3n) is 3.85. The zero-order valence-corrected chi connectivity index (χ0v) is 16.7. The zero-order valence-electron chi connectivity index (χ0n) is 16.7. The molecule has 0 saturated carbocycles. The highest BCUT2D eigenvalue weighted by Gasteiger charge is 2.22. The lowest BCUT2D eigenvalue weighted by Crippen LogP contribution is -2.30. The van der Waals surface area contributed by atoms with E-state index in [2.05, 4.69) is 19.2 Å². The minimum atomic E-state index is -0.635. The van der Waals surface area contributed by atoms with E-state index in [0.29, 0.717) is 35.3 Å². The second-order valence-corrected chi connectivity index (χ2v) is 6.64. The molecule has 0 aliphatic rings. The minimum Gasteiger partial charge on any atom is -0.493 e. The van der Waals surface area contributed by atoms with Crippen molar-refractivity contribution in [2.45, 2.75) is 33.3 Å². The summed E-state index contributed by atoms with van der Waals surface area (Å²) < 4.78 is 16.1. The molecule has 1 rings (SSSR count). The van der Waals surface area contributed by atoms with Gasteiger partial charge >= 0.3 is 0 Å². The highest BCUT2D eigenvalue weighted by molar-refractivity contribution is 6.05. The number of ether oxygens (including phenoxy) is 3. The molecule has 146 valence electrons. The van der Waals surface area contributed by atoms with Crippen molar-refractivity contribution in [1.29, 1.82) is 0 Å². The van der Waals surface area contributed by atoms with Crippen molar-refractivity contribution >= 4 is 17.5 Å². The Morgan fingerprint density at radius 3 is 2.15 bits per heavy atom. The fourth-order valence-corrected chi connectivity index (χ4v) is 2.19. The van der Waals surface area contributed by atoms with Crippen LogP contribution in [0.1, 0.15) is 37.6 Å². The monoisotopic (exact) mass is 366 g/mol. The van der Waals surface area contributed by atoms with Crippen LogP contribution in [-0.2, 0) is 9.53 Å². The average Bonchev–Trinajstić information content (AvgIpc) is 2.59. The highest BCUT2D eigenvalue weighted by atomic mass is 16.5. The zero-order chi connectivity index (χ0) is 19.9. The van der Waals surface area contributed by atoms with E-state index in [1.165, 1.54) is 19.1 Å². The molecular formula is C19H30N2O5. The van der Waals surface area contributed by atoms with Crippen molar-refractivity contribution in [3.05, 3.63) is 17.7 Å². The molecule has 7 heteroatoms. The minimum absolute atomic E-state index is 0.255. The van der Waals surface area contributed by atoms with Gasteiger partial charge in [0, 0.05) is 26.8 Å². The van der Waals surface area contributed by atoms with E-state index < -0.39 is 6.10 Å². The Hall–Kier alpha value is -2.28. The molecule has 0 aliphatic carbocycles. The smallest absolute Gasteiger partial charge is 0.255 e. The van der Waals surface area contributed by atoms with Crippen molar-refractivity contribution in [2.75, 3.05) is 40.2 Å². The lowest BCUT2D eigenvalue weighted by molar-refractivity contribution is -0.126. The van der Waals surface area contributed by atoms with Gasteiger partial charge in [-0.3, -0.25) is 9.59 Å². The number of anilines is 1. The van der Waals surface area contributed by atoms with Gasteiger partial charge in [-0.05, 0) is 25.3 Å². The van der Waals surface area contributed by atoms with Crippen molar-refractivity contribution in [3.63, 3.8) is 0 Å². The van der Waals surface area contributed by atoms with E-state index >= 15 is 0 Å². The second kappa shape index (κ2) is 10.0. The lowest BCUT2D eigenvalue weighted by Gasteiger charge is -2.19. The van der Waals surface area contributed by atoms with Crippen molar-refractivity contribution < 1.29 is 23.8 Å². The van der Waals surface area contributed by atoms with Gasteiger partial charge in [-0.15, -0.1) is 0 Å². The van der Waals surface area contributed by atoms with E-state index in [9.17, 15) is 9.59 Å². The van der Waals surface area contributed by atoms with Gasteiger partial charge < -0.3 is 24.4 Å². The van der Waals surface area contributed by atoms with Crippen LogP contribution in [0.2, 0.25) is 0 Å². The number of rotatable bonds is 9. The Balaban J connectivity index is 3.05. The van der Waals surface area contributed by atoms with E-state index in [0.717, 1.165) is 6.42 Å². The molecule has 0 aromatic heterocycles. The summed E-state index contributed by atoms with van der Waals surface area (Å²) in [6.07, 6.45) is 0.238. The number of hydrogen-bond acceptors (Lipinski definition) is 5. The number of amides is 2. The maximum Gasteiger partial charge on any atom is 0.255 e. The van der Waals surface area contributed by atoms with Crippen molar-refractivity contribution in [2.24, 2.45) is 5.92 Å². The van der Waals surface area contributed by atoms with Crippen LogP contribution in [0.3, 0.4) is 0 Å². The molecule has 1 aromatic carbocycles. The third-order valence-corrected chi connectivity index (χ3v) is 3.85. The Morgan fingerprint density at radius 1 is 1.08 bits per heavy atom. The summed E-state index contributed by atoms with van der Waals surface area (Å²) in [7, 11) is 6.27. The van der Waals surface area contributed by atoms with Gasteiger partial charge in [0.15, 0.2) is 11.5 Å². The van der Waals surface area contributed by atoms with Crippen molar-refractivity contribution in [1.82, 2.24) is 4.90 Å². The number of hydrogen-bond donors (Lipinski definition) is 1. The van der Waals surface area contributed by atoms with Gasteiger partial charge in [-0.2, -0.15) is 0 Å². The molecule has 0 aliphatic heterocycles. The summed E-state index contributed by atoms with van der Waals surface area (Å²) in [5.74, 6) is 0.757. The molecule has 1 N–H and O–H groups in total. The first-order valence-electron chi connectivity index (χ1n) is 8.61. The number of carbonyl (C=O) groups excluding carboxylic acids is 2. The normalized spacial score (nSPS) is 11.8. The second-order valence-electron chi connectivity index (χ2n) is 6.64. The summed E-state index contributed by atoms with van der Waals surface area (Å²) >= 11 is 0. The number of carbonyl (C=O) groups is 2. The maximum atomic E-state index is 12.5. The molecule has 7 nitrogen and oxygen atoms in total. The number of benzene rings is 1. The molecule has 1 unspecified atom stereocenters. The third kappa shape index (κ3) is 5.91. The van der Waals surface area contributed by atoms with Crippen LogP contribution >= 0.6 is 0 Å². The average molecular weight is 366 g/mol. The Morgan fingerprint density at radius 2 is 1.65 bits per heavy atom. The molecule has 0 heterocycles. The fraction of sp³-hybridized carbons (Fsp3) is 0.579. The van der Waals surface area contributed by atoms with Gasteiger partial charge in [0.2, 0.25) is 0 Å². The van der Waals surface area contributed by atoms with Crippen LogP contribution in [0.15, 0.2) is 12.1 Å². The lowest BCUT2D eigenvalue weighted by atomic mass is 10.1. The topological polar surface area (TPSA) is 77.1 Å². The first-order chi connectivity index (χ1) is 12.2. The van der Waals surface area contributed by atoms with Gasteiger partial charge in [-0.1, -0.05) is 13.8 Å². The largest absolute Gasteiger partial charge is 0.493 e. The molecule has 26 heavy (non-hydrogen) atoms. The van der Waals surface area contributed by atoms with E-state index in [1.54, 1.807) is 33.2 Å². The Labute approximate surface area is 155 Å². The standard InChI is InChI=1S/C19H30N2O5/c1-12(2)8-9-26-13(3)18(22)20-15-11-17(25-7)16(24-6)10-14(15)19(23)21(4)5/h10-13H,8-9H2,1-7H3,(H,20,22). The van der Waals surface area contributed by atoms with Crippen LogP contribution in [-0.4, -0.2) is 57.7 Å². The van der Waals surface area contributed by atoms with Crippen LogP contribution < -0.4 is 14.8 Å². The molecule has 0 spiro atoms.